The topological polar surface area (TPSA) is 79.9 Å². The van der Waals surface area contributed by atoms with E-state index in [-0.39, 0.29) is 30.0 Å². The third-order valence-electron chi connectivity index (χ3n) is 6.50. The van der Waals surface area contributed by atoms with Crippen LogP contribution in [0, 0.1) is 5.82 Å². The van der Waals surface area contributed by atoms with Crippen LogP contribution < -0.4 is 15.4 Å². The van der Waals surface area contributed by atoms with Gasteiger partial charge in [-0.05, 0) is 58.9 Å². The van der Waals surface area contributed by atoms with Crippen LogP contribution in [0.3, 0.4) is 0 Å². The molecule has 2 saturated heterocycles. The normalized spacial score (nSPS) is 23.5. The number of carbonyl (C=O) groups is 2. The lowest BCUT2D eigenvalue weighted by Gasteiger charge is -2.49. The van der Waals surface area contributed by atoms with Crippen molar-refractivity contribution >= 4 is 12.1 Å². The van der Waals surface area contributed by atoms with Crippen molar-refractivity contribution in [1.29, 1.82) is 0 Å². The van der Waals surface area contributed by atoms with Gasteiger partial charge < -0.3 is 25.0 Å². The summed E-state index contributed by atoms with van der Waals surface area (Å²) in [7, 11) is 0. The molecule has 3 fully saturated rings. The van der Waals surface area contributed by atoms with E-state index in [1.165, 1.54) is 12.1 Å². The maximum Gasteiger partial charge on any atom is 0.410 e. The van der Waals surface area contributed by atoms with E-state index in [1.807, 2.05) is 20.8 Å². The van der Waals surface area contributed by atoms with Crippen LogP contribution in [-0.4, -0.2) is 53.9 Å². The van der Waals surface area contributed by atoms with E-state index in [9.17, 15) is 14.0 Å². The number of nitrogens with one attached hydrogen (secondary N) is 2. The van der Waals surface area contributed by atoms with E-state index in [0.29, 0.717) is 38.2 Å². The number of rotatable bonds is 3. The molecule has 2 aliphatic heterocycles. The maximum absolute atomic E-state index is 14.0. The van der Waals surface area contributed by atoms with Gasteiger partial charge in [-0.2, -0.15) is 0 Å². The molecule has 1 aromatic carbocycles. The SMILES string of the molecule is CC(C)(C)OC(=O)N1CCC2(CC1)NC(=O)NC[C@@H]2c1ccc(F)cc1OC1CCC1. The summed E-state index contributed by atoms with van der Waals surface area (Å²) in [6.45, 7) is 6.93. The van der Waals surface area contributed by atoms with Gasteiger partial charge in [-0.25, -0.2) is 14.0 Å². The first-order chi connectivity index (χ1) is 14.7. The minimum absolute atomic E-state index is 0.0957. The van der Waals surface area contributed by atoms with Crippen molar-refractivity contribution in [3.63, 3.8) is 0 Å². The molecular weight excluding hydrogens is 401 g/mol. The molecule has 170 valence electrons. The van der Waals surface area contributed by atoms with Crippen molar-refractivity contribution in [3.8, 4) is 5.75 Å². The molecule has 1 saturated carbocycles. The second kappa shape index (κ2) is 8.20. The number of hydrogen-bond donors (Lipinski definition) is 2. The highest BCUT2D eigenvalue weighted by Crippen LogP contribution is 2.43. The number of carbonyl (C=O) groups excluding carboxylic acids is 2. The van der Waals surface area contributed by atoms with Crippen molar-refractivity contribution in [2.24, 2.45) is 0 Å². The Morgan fingerprint density at radius 1 is 1.23 bits per heavy atom. The van der Waals surface area contributed by atoms with E-state index in [4.69, 9.17) is 9.47 Å². The fourth-order valence-electron chi connectivity index (χ4n) is 4.61. The van der Waals surface area contributed by atoms with Crippen LogP contribution in [0.25, 0.3) is 0 Å². The first-order valence-electron chi connectivity index (χ1n) is 11.2. The van der Waals surface area contributed by atoms with E-state index < -0.39 is 11.1 Å². The summed E-state index contributed by atoms with van der Waals surface area (Å²) in [5.74, 6) is 0.128. The van der Waals surface area contributed by atoms with E-state index in [2.05, 4.69) is 10.6 Å². The van der Waals surface area contributed by atoms with Crippen LogP contribution in [0.1, 0.15) is 64.4 Å². The molecule has 31 heavy (non-hydrogen) atoms. The van der Waals surface area contributed by atoms with Crippen LogP contribution in [0.15, 0.2) is 18.2 Å². The summed E-state index contributed by atoms with van der Waals surface area (Å²) in [6, 6.07) is 4.46. The van der Waals surface area contributed by atoms with E-state index in [0.717, 1.165) is 24.8 Å². The van der Waals surface area contributed by atoms with Gasteiger partial charge in [0.25, 0.3) is 0 Å². The molecule has 0 unspecified atom stereocenters. The average Bonchev–Trinajstić information content (AvgIpc) is 2.65. The average molecular weight is 434 g/mol. The van der Waals surface area contributed by atoms with E-state index >= 15 is 0 Å². The van der Waals surface area contributed by atoms with Gasteiger partial charge in [-0.15, -0.1) is 0 Å². The molecule has 7 nitrogen and oxygen atoms in total. The fourth-order valence-corrected chi connectivity index (χ4v) is 4.61. The van der Waals surface area contributed by atoms with Gasteiger partial charge in [0.2, 0.25) is 0 Å². The summed E-state index contributed by atoms with van der Waals surface area (Å²) in [4.78, 5) is 26.5. The predicted molar refractivity (Wildman–Crippen MR) is 114 cm³/mol. The first kappa shape index (κ1) is 21.7. The van der Waals surface area contributed by atoms with Crippen LogP contribution in [0.2, 0.25) is 0 Å². The number of likely N-dealkylation sites (tertiary alicyclic amines) is 1. The number of halogens is 1. The zero-order valence-electron chi connectivity index (χ0n) is 18.5. The Labute approximate surface area is 182 Å². The molecule has 1 aliphatic carbocycles. The molecule has 1 spiro atoms. The lowest BCUT2D eigenvalue weighted by Crippen LogP contribution is -2.66. The number of urea groups is 1. The molecule has 3 amide bonds. The number of benzene rings is 1. The Morgan fingerprint density at radius 2 is 1.94 bits per heavy atom. The van der Waals surface area contributed by atoms with Gasteiger partial charge in [-0.3, -0.25) is 0 Å². The molecule has 1 aromatic rings. The minimum Gasteiger partial charge on any atom is -0.490 e. The number of hydrogen-bond acceptors (Lipinski definition) is 4. The molecular formula is C23H32FN3O4. The lowest BCUT2D eigenvalue weighted by atomic mass is 9.71. The molecule has 0 radical (unpaired) electrons. The van der Waals surface area contributed by atoms with Crippen LogP contribution in [0.4, 0.5) is 14.0 Å². The van der Waals surface area contributed by atoms with Gasteiger partial charge in [0, 0.05) is 37.2 Å². The summed E-state index contributed by atoms with van der Waals surface area (Å²) < 4.78 is 25.7. The molecule has 3 aliphatic rings. The van der Waals surface area contributed by atoms with Crippen molar-refractivity contribution in [2.45, 2.75) is 76.0 Å². The Morgan fingerprint density at radius 3 is 2.55 bits per heavy atom. The molecule has 0 bridgehead atoms. The van der Waals surface area contributed by atoms with Gasteiger partial charge in [0.1, 0.15) is 17.2 Å². The van der Waals surface area contributed by atoms with Crippen molar-refractivity contribution in [3.05, 3.63) is 29.6 Å². The Kier molecular flexibility index (Phi) is 5.75. The largest absolute Gasteiger partial charge is 0.490 e. The quantitative estimate of drug-likeness (QED) is 0.757. The summed E-state index contributed by atoms with van der Waals surface area (Å²) in [5, 5.41) is 6.02. The van der Waals surface area contributed by atoms with Crippen molar-refractivity contribution < 1.29 is 23.5 Å². The highest BCUT2D eigenvalue weighted by atomic mass is 19.1. The molecule has 0 aromatic heterocycles. The number of nitrogens with zero attached hydrogens (tertiary/aromatic N) is 1. The van der Waals surface area contributed by atoms with Crippen molar-refractivity contribution in [2.75, 3.05) is 19.6 Å². The molecule has 2 heterocycles. The summed E-state index contributed by atoms with van der Waals surface area (Å²) in [5.41, 5.74) is -0.192. The van der Waals surface area contributed by atoms with Crippen LogP contribution in [-0.2, 0) is 4.74 Å². The van der Waals surface area contributed by atoms with Crippen LogP contribution in [0.5, 0.6) is 5.75 Å². The summed E-state index contributed by atoms with van der Waals surface area (Å²) >= 11 is 0. The summed E-state index contributed by atoms with van der Waals surface area (Å²) in [6.07, 6.45) is 4.04. The van der Waals surface area contributed by atoms with Gasteiger partial charge in [0.05, 0.1) is 11.6 Å². The highest BCUT2D eigenvalue weighted by molar-refractivity contribution is 5.77. The Bertz CT molecular complexity index is 842. The molecule has 1 atom stereocenters. The standard InChI is InChI=1S/C23H32FN3O4/c1-22(2,3)31-21(29)27-11-9-23(10-12-27)18(14-25-20(28)26-23)17-8-7-15(24)13-19(17)30-16-5-4-6-16/h7-8,13,16,18H,4-6,9-12,14H2,1-3H3,(H2,25,26,28)/t18-/m1/s1. The van der Waals surface area contributed by atoms with Gasteiger partial charge in [-0.1, -0.05) is 6.07 Å². The zero-order valence-corrected chi connectivity index (χ0v) is 18.5. The number of piperidine rings is 1. The van der Waals surface area contributed by atoms with Gasteiger partial charge >= 0.3 is 12.1 Å². The highest BCUT2D eigenvalue weighted by Gasteiger charge is 2.48. The third kappa shape index (κ3) is 4.72. The smallest absolute Gasteiger partial charge is 0.410 e. The van der Waals surface area contributed by atoms with Crippen molar-refractivity contribution in [1.82, 2.24) is 15.5 Å². The second-order valence-electron chi connectivity index (χ2n) is 9.86. The lowest BCUT2D eigenvalue weighted by molar-refractivity contribution is 0.0125. The van der Waals surface area contributed by atoms with E-state index in [1.54, 1.807) is 11.0 Å². The second-order valence-corrected chi connectivity index (χ2v) is 9.86. The number of ether oxygens (including phenoxy) is 2. The third-order valence-corrected chi connectivity index (χ3v) is 6.50. The molecule has 4 rings (SSSR count). The predicted octanol–water partition coefficient (Wildman–Crippen LogP) is 3.92. The minimum atomic E-state index is -0.556. The monoisotopic (exact) mass is 433 g/mol. The number of amides is 3. The zero-order chi connectivity index (χ0) is 22.2. The van der Waals surface area contributed by atoms with Gasteiger partial charge in [0.15, 0.2) is 0 Å². The maximum atomic E-state index is 14.0. The fraction of sp³-hybridized carbons (Fsp3) is 0.652. The molecule has 2 N–H and O–H groups in total. The first-order valence-corrected chi connectivity index (χ1v) is 11.2. The molecule has 8 heteroatoms. The Hall–Kier alpha value is -2.51. The van der Waals surface area contributed by atoms with Crippen LogP contribution >= 0.6 is 0 Å². The Balaban J connectivity index is 1.56.